The van der Waals surface area contributed by atoms with Gasteiger partial charge in [0.15, 0.2) is 11.5 Å². The van der Waals surface area contributed by atoms with Gasteiger partial charge in [-0.15, -0.1) is 0 Å². The van der Waals surface area contributed by atoms with Crippen LogP contribution < -0.4 is 14.8 Å². The number of hydrogen-bond donors (Lipinski definition) is 1. The molecule has 1 amide bonds. The second-order valence-corrected chi connectivity index (χ2v) is 9.92. The number of ether oxygens (including phenoxy) is 2. The number of aromatic nitrogens is 1. The predicted molar refractivity (Wildman–Crippen MR) is 151 cm³/mol. The van der Waals surface area contributed by atoms with Crippen LogP contribution in [-0.2, 0) is 4.79 Å². The van der Waals surface area contributed by atoms with Gasteiger partial charge in [0, 0.05) is 15.6 Å². The van der Waals surface area contributed by atoms with Crippen molar-refractivity contribution in [1.82, 2.24) is 4.98 Å². The highest BCUT2D eigenvalue weighted by atomic mass is 79.9. The lowest BCUT2D eigenvalue weighted by Crippen LogP contribution is -2.14. The molecule has 0 bridgehead atoms. The highest BCUT2D eigenvalue weighted by Crippen LogP contribution is 2.38. The van der Waals surface area contributed by atoms with Crippen LogP contribution in [0.1, 0.15) is 11.1 Å². The lowest BCUT2D eigenvalue weighted by atomic mass is 9.98. The Labute approximate surface area is 228 Å². The summed E-state index contributed by atoms with van der Waals surface area (Å²) in [5, 5.41) is 13.5. The summed E-state index contributed by atoms with van der Waals surface area (Å²) in [5.74, 6) is 1.04. The van der Waals surface area contributed by atoms with Crippen LogP contribution >= 0.6 is 27.7 Å². The van der Waals surface area contributed by atoms with Gasteiger partial charge in [-0.2, -0.15) is 5.26 Å². The average molecular weight is 575 g/mol. The smallest absolute Gasteiger partial charge is 0.234 e. The molecule has 1 heterocycles. The monoisotopic (exact) mass is 573 g/mol. The molecule has 1 N–H and O–H groups in total. The van der Waals surface area contributed by atoms with Crippen molar-refractivity contribution in [3.63, 3.8) is 0 Å². The summed E-state index contributed by atoms with van der Waals surface area (Å²) in [6, 6.07) is 25.2. The van der Waals surface area contributed by atoms with Gasteiger partial charge in [0.05, 0.1) is 36.9 Å². The van der Waals surface area contributed by atoms with E-state index in [1.54, 1.807) is 20.3 Å². The average Bonchev–Trinajstić information content (AvgIpc) is 2.92. The summed E-state index contributed by atoms with van der Waals surface area (Å²) in [7, 11) is 3.15. The number of para-hydroxylation sites is 1. The van der Waals surface area contributed by atoms with Gasteiger partial charge in [0.1, 0.15) is 11.1 Å². The zero-order chi connectivity index (χ0) is 26.4. The molecule has 0 radical (unpaired) electrons. The summed E-state index contributed by atoms with van der Waals surface area (Å²) in [4.78, 5) is 17.5. The zero-order valence-electron chi connectivity index (χ0n) is 20.5. The molecule has 0 aliphatic carbocycles. The zero-order valence-corrected chi connectivity index (χ0v) is 22.9. The number of hydrogen-bond acceptors (Lipinski definition) is 6. The number of nitrogens with one attached hydrogen (secondary N) is 1. The van der Waals surface area contributed by atoms with Gasteiger partial charge in [-0.25, -0.2) is 4.98 Å². The van der Waals surface area contributed by atoms with Crippen LogP contribution in [0.15, 0.2) is 82.3 Å². The van der Waals surface area contributed by atoms with Crippen molar-refractivity contribution in [2.45, 2.75) is 11.9 Å². The number of halogens is 1. The number of methoxy groups -OCH3 is 2. The van der Waals surface area contributed by atoms with Crippen molar-refractivity contribution < 1.29 is 14.3 Å². The molecular weight excluding hydrogens is 550 g/mol. The number of aryl methyl sites for hydroxylation is 1. The topological polar surface area (TPSA) is 84.2 Å². The minimum Gasteiger partial charge on any atom is -0.493 e. The SMILES string of the molecule is COc1ccc(-c2cc(-c3ccc(C)cc3)nc(SCC(=O)Nc3ccccc3Br)c2C#N)cc1OC. The van der Waals surface area contributed by atoms with Gasteiger partial charge in [0.25, 0.3) is 0 Å². The van der Waals surface area contributed by atoms with Crippen molar-refractivity contribution in [2.75, 3.05) is 25.3 Å². The molecule has 37 heavy (non-hydrogen) atoms. The van der Waals surface area contributed by atoms with Crippen molar-refractivity contribution in [3.8, 4) is 40.0 Å². The van der Waals surface area contributed by atoms with E-state index in [-0.39, 0.29) is 11.7 Å². The number of amides is 1. The predicted octanol–water partition coefficient (Wildman–Crippen LogP) is 7.11. The van der Waals surface area contributed by atoms with E-state index in [2.05, 4.69) is 27.3 Å². The first-order chi connectivity index (χ1) is 17.9. The highest BCUT2D eigenvalue weighted by molar-refractivity contribution is 9.10. The van der Waals surface area contributed by atoms with Crippen molar-refractivity contribution in [3.05, 3.63) is 88.4 Å². The Kier molecular flexibility index (Phi) is 8.49. The molecule has 186 valence electrons. The number of thioether (sulfide) groups is 1. The molecule has 4 rings (SSSR count). The summed E-state index contributed by atoms with van der Waals surface area (Å²) in [6.45, 7) is 2.02. The molecule has 3 aromatic carbocycles. The Balaban J connectivity index is 1.75. The van der Waals surface area contributed by atoms with Gasteiger partial charge in [-0.05, 0) is 58.7 Å². The molecule has 0 atom stereocenters. The number of nitrogens with zero attached hydrogens (tertiary/aromatic N) is 2. The van der Waals surface area contributed by atoms with Crippen molar-refractivity contribution in [2.24, 2.45) is 0 Å². The first kappa shape index (κ1) is 26.3. The second kappa shape index (κ2) is 12.0. The third-order valence-corrected chi connectivity index (χ3v) is 7.29. The fourth-order valence-electron chi connectivity index (χ4n) is 3.72. The third-order valence-electron chi connectivity index (χ3n) is 5.63. The number of benzene rings is 3. The molecule has 1 aromatic heterocycles. The van der Waals surface area contributed by atoms with Gasteiger partial charge in [0.2, 0.25) is 5.91 Å². The Bertz CT molecular complexity index is 1480. The molecule has 0 aliphatic rings. The standard InChI is InChI=1S/C29H24BrN3O3S/c1-18-8-10-19(11-9-18)25-15-21(20-12-13-26(35-2)27(14-20)36-3)22(16-31)29(33-25)37-17-28(34)32-24-7-5-4-6-23(24)30/h4-15H,17H2,1-3H3,(H,32,34). The number of nitriles is 1. The molecule has 4 aromatic rings. The number of anilines is 1. The van der Waals surface area contributed by atoms with E-state index in [1.807, 2.05) is 73.7 Å². The first-order valence-electron chi connectivity index (χ1n) is 11.3. The summed E-state index contributed by atoms with van der Waals surface area (Å²) in [5.41, 5.74) is 5.31. The Morgan fingerprint density at radius 3 is 2.38 bits per heavy atom. The van der Waals surface area contributed by atoms with Crippen molar-refractivity contribution in [1.29, 1.82) is 5.26 Å². The fourth-order valence-corrected chi connectivity index (χ4v) is 4.91. The van der Waals surface area contributed by atoms with E-state index in [9.17, 15) is 10.1 Å². The Morgan fingerprint density at radius 2 is 1.70 bits per heavy atom. The largest absolute Gasteiger partial charge is 0.493 e. The van der Waals surface area contributed by atoms with Crippen LogP contribution in [0.2, 0.25) is 0 Å². The van der Waals surface area contributed by atoms with Crippen LogP contribution in [0.5, 0.6) is 11.5 Å². The van der Waals surface area contributed by atoms with E-state index >= 15 is 0 Å². The van der Waals surface area contributed by atoms with Crippen LogP contribution in [0.3, 0.4) is 0 Å². The van der Waals surface area contributed by atoms with Gasteiger partial charge >= 0.3 is 0 Å². The van der Waals surface area contributed by atoms with Gasteiger partial charge in [-0.1, -0.05) is 59.8 Å². The van der Waals surface area contributed by atoms with E-state index < -0.39 is 0 Å². The molecule has 0 unspecified atom stereocenters. The molecule has 8 heteroatoms. The first-order valence-corrected chi connectivity index (χ1v) is 13.1. The molecular formula is C29H24BrN3O3S. The van der Waals surface area contributed by atoms with Gasteiger partial charge in [-0.3, -0.25) is 4.79 Å². The molecule has 0 aliphatic heterocycles. The normalized spacial score (nSPS) is 10.5. The third kappa shape index (κ3) is 6.13. The van der Waals surface area contributed by atoms with Crippen LogP contribution in [0.25, 0.3) is 22.4 Å². The fraction of sp³-hybridized carbons (Fsp3) is 0.138. The van der Waals surface area contributed by atoms with Crippen LogP contribution in [0.4, 0.5) is 5.69 Å². The van der Waals surface area contributed by atoms with Crippen LogP contribution in [-0.4, -0.2) is 30.9 Å². The summed E-state index contributed by atoms with van der Waals surface area (Å²) in [6.07, 6.45) is 0. The molecule has 0 spiro atoms. The minimum absolute atomic E-state index is 0.0890. The molecule has 0 fully saturated rings. The van der Waals surface area contributed by atoms with Crippen molar-refractivity contribution >= 4 is 39.3 Å². The Hall–Kier alpha value is -3.80. The Morgan fingerprint density at radius 1 is 1.00 bits per heavy atom. The van der Waals surface area contributed by atoms with E-state index in [0.717, 1.165) is 21.2 Å². The lowest BCUT2D eigenvalue weighted by molar-refractivity contribution is -0.113. The number of rotatable bonds is 8. The number of carbonyl (C=O) groups excluding carboxylic acids is 1. The van der Waals surface area contributed by atoms with E-state index in [1.165, 1.54) is 11.8 Å². The second-order valence-electron chi connectivity index (χ2n) is 8.10. The molecule has 0 saturated carbocycles. The molecule has 0 saturated heterocycles. The van der Waals surface area contributed by atoms with E-state index in [0.29, 0.717) is 39.0 Å². The minimum atomic E-state index is -0.198. The maximum absolute atomic E-state index is 12.7. The van der Waals surface area contributed by atoms with Gasteiger partial charge < -0.3 is 14.8 Å². The molecule has 6 nitrogen and oxygen atoms in total. The van der Waals surface area contributed by atoms with E-state index in [4.69, 9.17) is 14.5 Å². The summed E-state index contributed by atoms with van der Waals surface area (Å²) < 4.78 is 11.7. The lowest BCUT2D eigenvalue weighted by Gasteiger charge is -2.15. The van der Waals surface area contributed by atoms with Crippen LogP contribution in [0, 0.1) is 18.3 Å². The number of pyridine rings is 1. The maximum atomic E-state index is 12.7. The summed E-state index contributed by atoms with van der Waals surface area (Å²) >= 11 is 4.67. The quantitative estimate of drug-likeness (QED) is 0.226. The maximum Gasteiger partial charge on any atom is 0.234 e. The highest BCUT2D eigenvalue weighted by Gasteiger charge is 2.19. The number of carbonyl (C=O) groups is 1.